The Morgan fingerprint density at radius 1 is 0.605 bits per heavy atom. The number of nitrogens with zero attached hydrogens (tertiary/aromatic N) is 5. The maximum Gasteiger partial charge on any atom is 0.417 e. The van der Waals surface area contributed by atoms with Gasteiger partial charge in [-0.05, 0) is 92.5 Å². The third kappa shape index (κ3) is 14.4. The second-order valence-corrected chi connectivity index (χ2v) is 21.7. The quantitative estimate of drug-likeness (QED) is 0.0663. The molecule has 5 N–H and O–H groups in total. The summed E-state index contributed by atoms with van der Waals surface area (Å²) < 4.78 is 122. The van der Waals surface area contributed by atoms with Gasteiger partial charge >= 0.3 is 12.4 Å². The number of pyridine rings is 2. The first-order chi connectivity index (χ1) is 38.3. The smallest absolute Gasteiger partial charge is 0.374 e. The van der Waals surface area contributed by atoms with E-state index in [1.807, 2.05) is 37.6 Å². The highest BCUT2D eigenvalue weighted by Crippen LogP contribution is 2.38. The first-order valence-electron chi connectivity index (χ1n) is 26.4. The van der Waals surface area contributed by atoms with Crippen molar-refractivity contribution in [2.75, 3.05) is 106 Å². The van der Waals surface area contributed by atoms with Gasteiger partial charge in [0, 0.05) is 126 Å². The zero-order valence-corrected chi connectivity index (χ0v) is 45.0. The summed E-state index contributed by atoms with van der Waals surface area (Å²) in [5.74, 6) is -3.31. The first kappa shape index (κ1) is 58.2. The van der Waals surface area contributed by atoms with E-state index < -0.39 is 69.2 Å². The van der Waals surface area contributed by atoms with E-state index in [1.165, 1.54) is 24.3 Å². The lowest BCUT2D eigenvalue weighted by atomic mass is 9.99. The van der Waals surface area contributed by atoms with Crippen molar-refractivity contribution in [3.63, 3.8) is 0 Å². The number of rotatable bonds is 14. The minimum Gasteiger partial charge on any atom is -0.374 e. The van der Waals surface area contributed by atoms with Crippen LogP contribution in [0.4, 0.5) is 57.9 Å². The first-order valence-corrected chi connectivity index (χ1v) is 26.4. The summed E-state index contributed by atoms with van der Waals surface area (Å²) in [7, 11) is 1.96. The third-order valence-electron chi connectivity index (χ3n) is 14.6. The molecule has 2 aromatic heterocycles. The molecule has 0 bridgehead atoms. The number of aromatic nitrogens is 2. The molecule has 15 nitrogen and oxygen atoms in total. The number of amides is 2. The molecule has 4 aromatic carbocycles. The molecular formula is C58H62F8N10O5. The minimum absolute atomic E-state index is 0.140. The van der Waals surface area contributed by atoms with Crippen LogP contribution >= 0.6 is 0 Å². The van der Waals surface area contributed by atoms with Gasteiger partial charge < -0.3 is 45.4 Å². The number of carbonyl (C=O) groups excluding carboxylic acids is 2. The second kappa shape index (κ2) is 23.9. The van der Waals surface area contributed by atoms with Gasteiger partial charge in [-0.2, -0.15) is 26.3 Å². The number of benzene rings is 4. The normalized spacial score (nSPS) is 17.1. The van der Waals surface area contributed by atoms with E-state index in [4.69, 9.17) is 4.74 Å². The van der Waals surface area contributed by atoms with E-state index in [1.54, 1.807) is 48.5 Å². The molecule has 0 spiro atoms. The van der Waals surface area contributed by atoms with Gasteiger partial charge in [0.15, 0.2) is 0 Å². The van der Waals surface area contributed by atoms with Crippen molar-refractivity contribution in [3.05, 3.63) is 163 Å². The number of likely N-dealkylation sites (N-methyl/N-ethyl adjacent to an activating group) is 1. The van der Waals surface area contributed by atoms with E-state index in [0.29, 0.717) is 132 Å². The highest BCUT2D eigenvalue weighted by atomic mass is 19.4. The number of halogens is 8. The Hall–Kier alpha value is -7.44. The molecule has 3 saturated heterocycles. The third-order valence-corrected chi connectivity index (χ3v) is 14.6. The van der Waals surface area contributed by atoms with Gasteiger partial charge in [0.05, 0.1) is 57.7 Å². The van der Waals surface area contributed by atoms with E-state index in [0.717, 1.165) is 18.0 Å². The molecule has 1 atom stereocenters. The zero-order chi connectivity index (χ0) is 58.0. The topological polar surface area (TPSA) is 161 Å². The molecule has 9 rings (SSSR count). The molecule has 430 valence electrons. The Kier molecular flexibility index (Phi) is 17.2. The lowest BCUT2D eigenvalue weighted by molar-refractivity contribution is -0.138. The maximum absolute atomic E-state index is 16.2. The van der Waals surface area contributed by atoms with Crippen LogP contribution in [0.5, 0.6) is 0 Å². The number of alkyl halides is 6. The van der Waals surface area contributed by atoms with Crippen molar-refractivity contribution in [2.45, 2.75) is 57.9 Å². The van der Waals surface area contributed by atoms with E-state index in [-0.39, 0.29) is 34.1 Å². The predicted molar refractivity (Wildman–Crippen MR) is 294 cm³/mol. The fourth-order valence-corrected chi connectivity index (χ4v) is 10.3. The van der Waals surface area contributed by atoms with Gasteiger partial charge in [-0.1, -0.05) is 30.3 Å². The number of piperazine rings is 2. The number of hydrogen-bond acceptors (Lipinski definition) is 11. The summed E-state index contributed by atoms with van der Waals surface area (Å²) in [6.45, 7) is 13.4. The van der Waals surface area contributed by atoms with Crippen LogP contribution in [-0.2, 0) is 30.2 Å². The van der Waals surface area contributed by atoms with E-state index >= 15 is 8.78 Å². The Morgan fingerprint density at radius 2 is 1.14 bits per heavy atom. The van der Waals surface area contributed by atoms with Gasteiger partial charge in [-0.25, -0.2) is 8.78 Å². The number of anilines is 4. The fourth-order valence-electron chi connectivity index (χ4n) is 10.3. The minimum atomic E-state index is -5.01. The van der Waals surface area contributed by atoms with Crippen molar-refractivity contribution in [2.24, 2.45) is 0 Å². The molecule has 6 aromatic rings. The Morgan fingerprint density at radius 3 is 1.67 bits per heavy atom. The number of hydrogen-bond donors (Lipinski definition) is 5. The summed E-state index contributed by atoms with van der Waals surface area (Å²) in [5, 5.41) is 8.63. The van der Waals surface area contributed by atoms with Crippen LogP contribution in [-0.4, -0.2) is 134 Å². The SMILES string of the molecule is CN1CCN(c2ccc(-c3ccc(CN4CCOC(CN5CCN(c6ccc(-c7cc(CNC(C)(C)C)ccc7F)cc6NC(=O)c6c[nH]c(=O)cc6C(F)(F)F)CC5)C4)cc3F)cc2NC(=O)c2c[nH]c(=O)cc2C(F)(F)F)CC1. The van der Waals surface area contributed by atoms with Gasteiger partial charge in [0.25, 0.3) is 11.8 Å². The second-order valence-electron chi connectivity index (χ2n) is 21.7. The monoisotopic (exact) mass is 1130 g/mol. The van der Waals surface area contributed by atoms with Crippen LogP contribution in [0.2, 0.25) is 0 Å². The van der Waals surface area contributed by atoms with Gasteiger partial charge in [0.1, 0.15) is 11.6 Å². The van der Waals surface area contributed by atoms with Crippen LogP contribution in [0.15, 0.2) is 107 Å². The number of carbonyl (C=O) groups is 2. The standard InChI is InChI=1S/C58H62F8N10O5/c1-56(2,3)69-29-35-6-10-46(59)41(23-35)38-8-12-51(49(26-38)71-55(80)43-31-68-53(78)28-45(43)58(64,65)66)76-19-15-73(16-20-76)33-39-34-74(21-22-81-39)32-36-5-9-40(47(60)24-36)37-7-11-50(75-17-13-72(4)14-18-75)48(25-37)70-54(79)42-30-67-52(77)27-44(42)57(61,62)63/h5-12,23-28,30-31,39,69H,13-22,29,32-34H2,1-4H3,(H,67,77)(H,68,78)(H,70,79)(H,71,80). The Balaban J connectivity index is 0.870. The molecule has 0 aliphatic carbocycles. The predicted octanol–water partition coefficient (Wildman–Crippen LogP) is 8.88. The Bertz CT molecular complexity index is 3400. The lowest BCUT2D eigenvalue weighted by Gasteiger charge is -2.40. The highest BCUT2D eigenvalue weighted by molar-refractivity contribution is 6.08. The molecule has 3 aliphatic rings. The molecule has 0 saturated carbocycles. The molecule has 3 aliphatic heterocycles. The van der Waals surface area contributed by atoms with Crippen LogP contribution in [0.1, 0.15) is 63.7 Å². The molecule has 23 heteroatoms. The summed E-state index contributed by atoms with van der Waals surface area (Å²) in [5.41, 5.74) is -2.64. The Labute approximate surface area is 461 Å². The molecule has 3 fully saturated rings. The number of ether oxygens (including phenoxy) is 1. The van der Waals surface area contributed by atoms with Crippen LogP contribution in [0, 0.1) is 11.6 Å². The van der Waals surface area contributed by atoms with Crippen LogP contribution in [0.3, 0.4) is 0 Å². The summed E-state index contributed by atoms with van der Waals surface area (Å²) >= 11 is 0. The van der Waals surface area contributed by atoms with E-state index in [9.17, 15) is 45.5 Å². The van der Waals surface area contributed by atoms with Crippen molar-refractivity contribution < 1.29 is 49.4 Å². The van der Waals surface area contributed by atoms with Crippen LogP contribution < -0.4 is 36.9 Å². The zero-order valence-electron chi connectivity index (χ0n) is 45.0. The molecule has 2 amide bonds. The van der Waals surface area contributed by atoms with Crippen molar-refractivity contribution in [3.8, 4) is 22.3 Å². The average molecular weight is 1130 g/mol. The molecule has 5 heterocycles. The van der Waals surface area contributed by atoms with Crippen LogP contribution in [0.25, 0.3) is 22.3 Å². The molecule has 0 radical (unpaired) electrons. The van der Waals surface area contributed by atoms with Crippen molar-refractivity contribution in [1.29, 1.82) is 0 Å². The number of aromatic amines is 2. The fraction of sp³-hybridized carbons (Fsp3) is 0.379. The highest BCUT2D eigenvalue weighted by Gasteiger charge is 2.38. The van der Waals surface area contributed by atoms with Gasteiger partial charge in [-0.3, -0.25) is 29.0 Å². The van der Waals surface area contributed by atoms with Gasteiger partial charge in [-0.15, -0.1) is 0 Å². The molecule has 1 unspecified atom stereocenters. The van der Waals surface area contributed by atoms with E-state index in [2.05, 4.69) is 40.6 Å². The number of nitrogens with one attached hydrogen (secondary N) is 5. The summed E-state index contributed by atoms with van der Waals surface area (Å²) in [6, 6.07) is 20.1. The van der Waals surface area contributed by atoms with Gasteiger partial charge in [0.2, 0.25) is 11.1 Å². The summed E-state index contributed by atoms with van der Waals surface area (Å²) in [4.78, 5) is 65.8. The maximum atomic E-state index is 16.2. The average Bonchev–Trinajstić information content (AvgIpc) is 3.57. The lowest BCUT2D eigenvalue weighted by Crippen LogP contribution is -2.52. The van der Waals surface area contributed by atoms with Crippen molar-refractivity contribution >= 4 is 34.6 Å². The largest absolute Gasteiger partial charge is 0.417 e. The molecular weight excluding hydrogens is 1070 g/mol. The molecule has 81 heavy (non-hydrogen) atoms. The van der Waals surface area contributed by atoms with Crippen molar-refractivity contribution in [1.82, 2.24) is 30.0 Å². The number of morpholine rings is 1. The number of H-pyrrole nitrogens is 2. The summed E-state index contributed by atoms with van der Waals surface area (Å²) in [6.07, 6.45) is -8.77.